The summed E-state index contributed by atoms with van der Waals surface area (Å²) in [4.78, 5) is 11.2. The summed E-state index contributed by atoms with van der Waals surface area (Å²) in [6, 6.07) is 8.49. The number of nitrogens with one attached hydrogen (secondary N) is 1. The van der Waals surface area contributed by atoms with Crippen LogP contribution in [0.3, 0.4) is 0 Å². The number of methoxy groups -OCH3 is 1. The number of aryl methyl sites for hydroxylation is 1. The van der Waals surface area contributed by atoms with Crippen LogP contribution >= 0.6 is 11.6 Å². The number of hydrogen-bond donors (Lipinski definition) is 3. The van der Waals surface area contributed by atoms with Gasteiger partial charge in [0.15, 0.2) is 0 Å². The van der Waals surface area contributed by atoms with E-state index < -0.39 is 5.97 Å². The van der Waals surface area contributed by atoms with Crippen molar-refractivity contribution in [3.63, 3.8) is 0 Å². The van der Waals surface area contributed by atoms with Crippen LogP contribution in [0.25, 0.3) is 0 Å². The lowest BCUT2D eigenvalue weighted by atomic mass is 10.1. The van der Waals surface area contributed by atoms with Gasteiger partial charge < -0.3 is 20.9 Å². The number of carboxylic acids is 1. The molecule has 2 rings (SSSR count). The van der Waals surface area contributed by atoms with Gasteiger partial charge in [-0.3, -0.25) is 0 Å². The summed E-state index contributed by atoms with van der Waals surface area (Å²) in [5.74, 6) is -0.492. The lowest BCUT2D eigenvalue weighted by Gasteiger charge is -2.12. The molecule has 0 aliphatic heterocycles. The topological polar surface area (TPSA) is 84.6 Å². The van der Waals surface area contributed by atoms with Crippen LogP contribution in [-0.2, 0) is 0 Å². The molecule has 0 unspecified atom stereocenters. The van der Waals surface area contributed by atoms with E-state index in [1.807, 2.05) is 0 Å². The molecule has 0 saturated heterocycles. The van der Waals surface area contributed by atoms with Gasteiger partial charge in [-0.15, -0.1) is 0 Å². The normalized spacial score (nSPS) is 10.2. The molecule has 0 bridgehead atoms. The second-order valence-electron chi connectivity index (χ2n) is 4.53. The zero-order chi connectivity index (χ0) is 15.6. The minimum absolute atomic E-state index is 0.0668. The number of halogens is 1. The monoisotopic (exact) mass is 306 g/mol. The number of hydrogen-bond acceptors (Lipinski definition) is 4. The summed E-state index contributed by atoms with van der Waals surface area (Å²) in [6.07, 6.45) is 0. The Hall–Kier alpha value is -2.40. The molecule has 0 spiro atoms. The Morgan fingerprint density at radius 2 is 2.00 bits per heavy atom. The van der Waals surface area contributed by atoms with Crippen LogP contribution in [0.5, 0.6) is 5.75 Å². The molecule has 0 fully saturated rings. The lowest BCUT2D eigenvalue weighted by molar-refractivity contribution is 0.0698. The van der Waals surface area contributed by atoms with Crippen LogP contribution < -0.4 is 15.8 Å². The standard InChI is InChI=1S/C15H15ClN2O3/c1-8-5-10(6-11(14(8)17)15(19)20)18-9-3-4-13(21-2)12(16)7-9/h3-7,18H,17H2,1-2H3,(H,19,20). The Morgan fingerprint density at radius 3 is 2.57 bits per heavy atom. The Labute approximate surface area is 127 Å². The maximum atomic E-state index is 11.2. The SMILES string of the molecule is COc1ccc(Nc2cc(C)c(N)c(C(=O)O)c2)cc1Cl. The van der Waals surface area contributed by atoms with Gasteiger partial charge in [0.1, 0.15) is 5.75 Å². The first-order valence-corrected chi connectivity index (χ1v) is 6.54. The molecule has 110 valence electrons. The first-order chi connectivity index (χ1) is 9.92. The molecule has 4 N–H and O–H groups in total. The molecule has 0 saturated carbocycles. The van der Waals surface area contributed by atoms with E-state index in [1.54, 1.807) is 31.2 Å². The zero-order valence-electron chi connectivity index (χ0n) is 11.6. The van der Waals surface area contributed by atoms with Crippen molar-refractivity contribution in [2.45, 2.75) is 6.92 Å². The summed E-state index contributed by atoms with van der Waals surface area (Å²) in [5.41, 5.74) is 8.13. The molecule has 0 atom stereocenters. The van der Waals surface area contributed by atoms with Gasteiger partial charge >= 0.3 is 5.97 Å². The van der Waals surface area contributed by atoms with Crippen LogP contribution in [0.4, 0.5) is 17.1 Å². The van der Waals surface area contributed by atoms with Gasteiger partial charge in [-0.25, -0.2) is 4.79 Å². The number of rotatable bonds is 4. The molecule has 2 aromatic carbocycles. The number of aromatic carboxylic acids is 1. The van der Waals surface area contributed by atoms with Crippen molar-refractivity contribution in [1.29, 1.82) is 0 Å². The summed E-state index contributed by atoms with van der Waals surface area (Å²) < 4.78 is 5.08. The van der Waals surface area contributed by atoms with Crippen molar-refractivity contribution in [3.05, 3.63) is 46.5 Å². The summed E-state index contributed by atoms with van der Waals surface area (Å²) in [7, 11) is 1.54. The number of nitrogen functional groups attached to an aromatic ring is 1. The van der Waals surface area contributed by atoms with E-state index >= 15 is 0 Å². The lowest BCUT2D eigenvalue weighted by Crippen LogP contribution is -2.05. The number of carboxylic acid groups (broad SMARTS) is 1. The summed E-state index contributed by atoms with van der Waals surface area (Å²) in [5, 5.41) is 12.7. The largest absolute Gasteiger partial charge is 0.495 e. The van der Waals surface area contributed by atoms with Crippen LogP contribution in [0.2, 0.25) is 5.02 Å². The maximum Gasteiger partial charge on any atom is 0.337 e. The molecule has 0 heterocycles. The van der Waals surface area contributed by atoms with Gasteiger partial charge in [0.2, 0.25) is 0 Å². The molecule has 0 radical (unpaired) electrons. The molecule has 0 amide bonds. The van der Waals surface area contributed by atoms with Crippen LogP contribution in [-0.4, -0.2) is 18.2 Å². The fraction of sp³-hybridized carbons (Fsp3) is 0.133. The van der Waals surface area contributed by atoms with Crippen LogP contribution in [0.1, 0.15) is 15.9 Å². The molecule has 21 heavy (non-hydrogen) atoms. The molecular weight excluding hydrogens is 292 g/mol. The Bertz CT molecular complexity index is 702. The Morgan fingerprint density at radius 1 is 1.29 bits per heavy atom. The quantitative estimate of drug-likeness (QED) is 0.750. The van der Waals surface area contributed by atoms with Gasteiger partial charge in [0.25, 0.3) is 0 Å². The zero-order valence-corrected chi connectivity index (χ0v) is 12.4. The summed E-state index contributed by atoms with van der Waals surface area (Å²) in [6.45, 7) is 1.76. The molecule has 5 nitrogen and oxygen atoms in total. The van der Waals surface area contributed by atoms with Crippen molar-refractivity contribution in [2.75, 3.05) is 18.2 Å². The van der Waals surface area contributed by atoms with E-state index in [9.17, 15) is 4.79 Å². The van der Waals surface area contributed by atoms with E-state index in [-0.39, 0.29) is 11.3 Å². The van der Waals surface area contributed by atoms with Crippen molar-refractivity contribution in [3.8, 4) is 5.75 Å². The number of carbonyl (C=O) groups is 1. The molecule has 0 aliphatic rings. The number of benzene rings is 2. The maximum absolute atomic E-state index is 11.2. The van der Waals surface area contributed by atoms with Crippen molar-refractivity contribution < 1.29 is 14.6 Å². The molecule has 0 aliphatic carbocycles. The Balaban J connectivity index is 2.35. The fourth-order valence-corrected chi connectivity index (χ4v) is 2.22. The van der Waals surface area contributed by atoms with E-state index in [0.717, 1.165) is 5.69 Å². The molecule has 0 aromatic heterocycles. The van der Waals surface area contributed by atoms with E-state index in [0.29, 0.717) is 22.0 Å². The minimum atomic E-state index is -1.06. The molecular formula is C15H15ClN2O3. The first-order valence-electron chi connectivity index (χ1n) is 6.16. The fourth-order valence-electron chi connectivity index (χ4n) is 1.96. The van der Waals surface area contributed by atoms with E-state index in [4.69, 9.17) is 27.2 Å². The van der Waals surface area contributed by atoms with Gasteiger partial charge in [0, 0.05) is 17.1 Å². The van der Waals surface area contributed by atoms with Crippen LogP contribution in [0, 0.1) is 6.92 Å². The minimum Gasteiger partial charge on any atom is -0.495 e. The van der Waals surface area contributed by atoms with Gasteiger partial charge in [-0.05, 0) is 42.8 Å². The van der Waals surface area contributed by atoms with Crippen LogP contribution in [0.15, 0.2) is 30.3 Å². The number of anilines is 3. The average Bonchev–Trinajstić information content (AvgIpc) is 2.42. The smallest absolute Gasteiger partial charge is 0.337 e. The van der Waals surface area contributed by atoms with Crippen molar-refractivity contribution >= 4 is 34.6 Å². The Kier molecular flexibility index (Phi) is 4.23. The third-order valence-corrected chi connectivity index (χ3v) is 3.35. The highest BCUT2D eigenvalue weighted by Gasteiger charge is 2.12. The molecule has 6 heteroatoms. The summed E-state index contributed by atoms with van der Waals surface area (Å²) >= 11 is 6.05. The van der Waals surface area contributed by atoms with Gasteiger partial charge in [-0.2, -0.15) is 0 Å². The second kappa shape index (κ2) is 5.93. The highest BCUT2D eigenvalue weighted by atomic mass is 35.5. The van der Waals surface area contributed by atoms with E-state index in [2.05, 4.69) is 5.32 Å². The highest BCUT2D eigenvalue weighted by Crippen LogP contribution is 2.30. The van der Waals surface area contributed by atoms with Gasteiger partial charge in [0.05, 0.1) is 17.7 Å². The van der Waals surface area contributed by atoms with Crippen molar-refractivity contribution in [2.24, 2.45) is 0 Å². The number of nitrogens with two attached hydrogens (primary N) is 1. The van der Waals surface area contributed by atoms with E-state index in [1.165, 1.54) is 13.2 Å². The predicted molar refractivity (Wildman–Crippen MR) is 83.8 cm³/mol. The van der Waals surface area contributed by atoms with Crippen molar-refractivity contribution in [1.82, 2.24) is 0 Å². The average molecular weight is 307 g/mol. The molecule has 2 aromatic rings. The first kappa shape index (κ1) is 15.0. The predicted octanol–water partition coefficient (Wildman–Crippen LogP) is 3.68. The highest BCUT2D eigenvalue weighted by molar-refractivity contribution is 6.32. The third-order valence-electron chi connectivity index (χ3n) is 3.06. The second-order valence-corrected chi connectivity index (χ2v) is 4.94. The third kappa shape index (κ3) is 3.20. The van der Waals surface area contributed by atoms with Gasteiger partial charge in [-0.1, -0.05) is 11.6 Å². The number of ether oxygens (including phenoxy) is 1.